The van der Waals surface area contributed by atoms with Gasteiger partial charge in [0.05, 0.1) is 12.7 Å². The van der Waals surface area contributed by atoms with Crippen LogP contribution in [0.1, 0.15) is 20.7 Å². The Morgan fingerprint density at radius 1 is 1.36 bits per heavy atom. The molecule has 0 unspecified atom stereocenters. The lowest BCUT2D eigenvalue weighted by Crippen LogP contribution is -2.02. The van der Waals surface area contributed by atoms with E-state index in [0.29, 0.717) is 6.29 Å². The highest BCUT2D eigenvalue weighted by molar-refractivity contribution is 5.94. The van der Waals surface area contributed by atoms with E-state index in [0.717, 1.165) is 19.2 Å². The second kappa shape index (κ2) is 3.78. The predicted octanol–water partition coefficient (Wildman–Crippen LogP) is 0.697. The number of esters is 1. The summed E-state index contributed by atoms with van der Waals surface area (Å²) in [6, 6.07) is 1.97. The molecule has 0 aromatic heterocycles. The van der Waals surface area contributed by atoms with Gasteiger partial charge in [0.15, 0.2) is 6.29 Å². The summed E-state index contributed by atoms with van der Waals surface area (Å²) in [6.45, 7) is 0. The lowest BCUT2D eigenvalue weighted by atomic mass is 10.1. The first-order valence-corrected chi connectivity index (χ1v) is 3.69. The van der Waals surface area contributed by atoms with E-state index in [1.165, 1.54) is 0 Å². The largest absolute Gasteiger partial charge is 0.507 e. The zero-order valence-corrected chi connectivity index (χ0v) is 7.35. The number of rotatable bonds is 2. The fraction of sp³-hybridized carbons (Fsp3) is 0.111. The van der Waals surface area contributed by atoms with Gasteiger partial charge in [-0.05, 0) is 12.1 Å². The van der Waals surface area contributed by atoms with Crippen LogP contribution in [0.25, 0.3) is 0 Å². The minimum atomic E-state index is -0.782. The molecular weight excluding hydrogens is 188 g/mol. The van der Waals surface area contributed by atoms with E-state index in [1.54, 1.807) is 0 Å². The summed E-state index contributed by atoms with van der Waals surface area (Å²) in [5.74, 6) is -1.56. The Morgan fingerprint density at radius 3 is 2.50 bits per heavy atom. The quantitative estimate of drug-likeness (QED) is 0.413. The van der Waals surface area contributed by atoms with E-state index in [9.17, 15) is 19.8 Å². The predicted molar refractivity (Wildman–Crippen MR) is 46.5 cm³/mol. The Morgan fingerprint density at radius 2 is 2.00 bits per heavy atom. The molecule has 1 aromatic rings. The first-order valence-electron chi connectivity index (χ1n) is 3.69. The highest BCUT2D eigenvalue weighted by Gasteiger charge is 2.14. The number of phenolic OH excluding ortho intramolecular Hbond substituents is 2. The van der Waals surface area contributed by atoms with Gasteiger partial charge in [0.1, 0.15) is 17.1 Å². The maximum atomic E-state index is 11.0. The molecule has 2 N–H and O–H groups in total. The molecule has 14 heavy (non-hydrogen) atoms. The second-order valence-corrected chi connectivity index (χ2v) is 2.54. The Kier molecular flexibility index (Phi) is 2.71. The van der Waals surface area contributed by atoms with E-state index < -0.39 is 11.7 Å². The first kappa shape index (κ1) is 10.0. The van der Waals surface area contributed by atoms with Gasteiger partial charge in [0, 0.05) is 0 Å². The van der Waals surface area contributed by atoms with Crippen molar-refractivity contribution in [3.63, 3.8) is 0 Å². The number of aldehydes is 1. The number of hydrogen-bond donors (Lipinski definition) is 2. The number of methoxy groups -OCH3 is 1. The van der Waals surface area contributed by atoms with Crippen LogP contribution in [0.5, 0.6) is 11.5 Å². The molecule has 0 saturated carbocycles. The number of benzene rings is 1. The zero-order chi connectivity index (χ0) is 10.7. The number of ether oxygens (including phenoxy) is 1. The van der Waals surface area contributed by atoms with Gasteiger partial charge in [0.25, 0.3) is 0 Å². The molecule has 0 amide bonds. The molecule has 0 bridgehead atoms. The van der Waals surface area contributed by atoms with Crippen LogP contribution < -0.4 is 0 Å². The van der Waals surface area contributed by atoms with E-state index in [2.05, 4.69) is 4.74 Å². The van der Waals surface area contributed by atoms with Crippen molar-refractivity contribution in [1.29, 1.82) is 0 Å². The minimum absolute atomic E-state index is 0.0878. The van der Waals surface area contributed by atoms with Crippen molar-refractivity contribution in [2.24, 2.45) is 0 Å². The van der Waals surface area contributed by atoms with Crippen molar-refractivity contribution in [2.45, 2.75) is 0 Å². The molecule has 0 heterocycles. The molecule has 5 nitrogen and oxygen atoms in total. The average Bonchev–Trinajstić information content (AvgIpc) is 2.19. The first-order chi connectivity index (χ1) is 6.60. The molecule has 1 aromatic carbocycles. The smallest absolute Gasteiger partial charge is 0.341 e. The van der Waals surface area contributed by atoms with E-state index >= 15 is 0 Å². The van der Waals surface area contributed by atoms with Crippen molar-refractivity contribution in [3.05, 3.63) is 23.3 Å². The maximum Gasteiger partial charge on any atom is 0.341 e. The molecule has 0 radical (unpaired) electrons. The molecule has 0 aliphatic heterocycles. The van der Waals surface area contributed by atoms with Crippen LogP contribution in [0.2, 0.25) is 0 Å². The molecule has 0 fully saturated rings. The van der Waals surface area contributed by atoms with Gasteiger partial charge in [-0.2, -0.15) is 0 Å². The molecular formula is C9H8O5. The monoisotopic (exact) mass is 196 g/mol. The third-order valence-electron chi connectivity index (χ3n) is 1.68. The fourth-order valence-corrected chi connectivity index (χ4v) is 0.961. The highest BCUT2D eigenvalue weighted by Crippen LogP contribution is 2.26. The van der Waals surface area contributed by atoms with Crippen LogP contribution in [0, 0.1) is 0 Å². The van der Waals surface area contributed by atoms with Crippen molar-refractivity contribution in [3.8, 4) is 11.5 Å². The van der Waals surface area contributed by atoms with Crippen molar-refractivity contribution >= 4 is 12.3 Å². The van der Waals surface area contributed by atoms with E-state index in [4.69, 9.17) is 0 Å². The summed E-state index contributed by atoms with van der Waals surface area (Å²) < 4.78 is 4.35. The summed E-state index contributed by atoms with van der Waals surface area (Å²) in [5.41, 5.74) is -0.272. The molecule has 0 atom stereocenters. The molecule has 5 heteroatoms. The maximum absolute atomic E-state index is 11.0. The van der Waals surface area contributed by atoms with Gasteiger partial charge in [-0.25, -0.2) is 4.79 Å². The third-order valence-corrected chi connectivity index (χ3v) is 1.68. The summed E-state index contributed by atoms with van der Waals surface area (Å²) in [6.07, 6.45) is 0.371. The number of hydrogen-bond acceptors (Lipinski definition) is 5. The third kappa shape index (κ3) is 1.66. The normalized spacial score (nSPS) is 9.50. The van der Waals surface area contributed by atoms with Crippen molar-refractivity contribution in [1.82, 2.24) is 0 Å². The van der Waals surface area contributed by atoms with Crippen LogP contribution in [-0.2, 0) is 4.74 Å². The molecule has 0 aliphatic rings. The van der Waals surface area contributed by atoms with Crippen LogP contribution in [-0.4, -0.2) is 29.6 Å². The zero-order valence-electron chi connectivity index (χ0n) is 7.35. The minimum Gasteiger partial charge on any atom is -0.507 e. The topological polar surface area (TPSA) is 83.8 Å². The molecule has 1 rings (SSSR count). The summed E-state index contributed by atoms with van der Waals surface area (Å²) in [4.78, 5) is 21.3. The van der Waals surface area contributed by atoms with Crippen LogP contribution in [0.3, 0.4) is 0 Å². The van der Waals surface area contributed by atoms with Gasteiger partial charge < -0.3 is 14.9 Å². The Labute approximate surface area is 79.6 Å². The van der Waals surface area contributed by atoms with Crippen molar-refractivity contribution in [2.75, 3.05) is 7.11 Å². The lowest BCUT2D eigenvalue weighted by molar-refractivity contribution is 0.0596. The Bertz CT molecular complexity index is 383. The molecule has 0 aliphatic carbocycles. The van der Waals surface area contributed by atoms with Crippen molar-refractivity contribution < 1.29 is 24.5 Å². The number of carbonyl (C=O) groups excluding carboxylic acids is 2. The van der Waals surface area contributed by atoms with Gasteiger partial charge in [-0.1, -0.05) is 0 Å². The van der Waals surface area contributed by atoms with Gasteiger partial charge in [-0.3, -0.25) is 4.79 Å². The number of aromatic hydroxyl groups is 2. The lowest BCUT2D eigenvalue weighted by Gasteiger charge is -2.04. The van der Waals surface area contributed by atoms with Gasteiger partial charge in [-0.15, -0.1) is 0 Å². The average molecular weight is 196 g/mol. The standard InChI is InChI=1S/C9H8O5/c1-14-9(13)6-3-7(11)5(4-10)2-8(6)12/h2-4,11-12H,1H3. The number of carbonyl (C=O) groups is 2. The Balaban J connectivity index is 3.28. The highest BCUT2D eigenvalue weighted by atomic mass is 16.5. The second-order valence-electron chi connectivity index (χ2n) is 2.54. The molecule has 0 spiro atoms. The van der Waals surface area contributed by atoms with E-state index in [-0.39, 0.29) is 16.9 Å². The van der Waals surface area contributed by atoms with Crippen LogP contribution >= 0.6 is 0 Å². The van der Waals surface area contributed by atoms with Gasteiger partial charge >= 0.3 is 5.97 Å². The Hall–Kier alpha value is -2.04. The SMILES string of the molecule is COC(=O)c1cc(O)c(C=O)cc1O. The van der Waals surface area contributed by atoms with E-state index in [1.807, 2.05) is 0 Å². The van der Waals surface area contributed by atoms with Crippen LogP contribution in [0.4, 0.5) is 0 Å². The fourth-order valence-electron chi connectivity index (χ4n) is 0.961. The summed E-state index contributed by atoms with van der Waals surface area (Å²) in [7, 11) is 1.15. The molecule has 0 saturated heterocycles. The van der Waals surface area contributed by atoms with Crippen LogP contribution in [0.15, 0.2) is 12.1 Å². The molecule has 74 valence electrons. The summed E-state index contributed by atoms with van der Waals surface area (Å²) in [5, 5.41) is 18.5. The van der Waals surface area contributed by atoms with Gasteiger partial charge in [0.2, 0.25) is 0 Å². The number of phenols is 2. The summed E-state index contributed by atoms with van der Waals surface area (Å²) >= 11 is 0.